The lowest BCUT2D eigenvalue weighted by Crippen LogP contribution is -2.24. The number of hydrogen-bond acceptors (Lipinski definition) is 2. The van der Waals surface area contributed by atoms with Gasteiger partial charge in [0.05, 0.1) is 12.7 Å². The highest BCUT2D eigenvalue weighted by atomic mass is 16.3. The lowest BCUT2D eigenvalue weighted by Gasteiger charge is -2.07. The van der Waals surface area contributed by atoms with Gasteiger partial charge >= 0.3 is 0 Å². The first kappa shape index (κ1) is 15.3. The van der Waals surface area contributed by atoms with Gasteiger partial charge in [-0.15, -0.1) is 0 Å². The fourth-order valence-electron chi connectivity index (χ4n) is 2.72. The predicted molar refractivity (Wildman–Crippen MR) is 92.3 cm³/mol. The van der Waals surface area contributed by atoms with Gasteiger partial charge in [-0.1, -0.05) is 43.3 Å². The van der Waals surface area contributed by atoms with Crippen molar-refractivity contribution < 1.29 is 9.21 Å². The highest BCUT2D eigenvalue weighted by Gasteiger charge is 2.11. The van der Waals surface area contributed by atoms with E-state index in [0.717, 1.165) is 28.5 Å². The number of amides is 1. The second-order valence-corrected chi connectivity index (χ2v) is 5.82. The monoisotopic (exact) mass is 307 g/mol. The largest absolute Gasteiger partial charge is 0.464 e. The summed E-state index contributed by atoms with van der Waals surface area (Å²) in [6.07, 6.45) is 3.00. The summed E-state index contributed by atoms with van der Waals surface area (Å²) >= 11 is 0. The minimum atomic E-state index is 0.00974. The maximum Gasteiger partial charge on any atom is 0.224 e. The minimum Gasteiger partial charge on any atom is -0.464 e. The van der Waals surface area contributed by atoms with Crippen LogP contribution < -0.4 is 5.32 Å². The van der Waals surface area contributed by atoms with Crippen molar-refractivity contribution in [3.05, 3.63) is 71.0 Å². The van der Waals surface area contributed by atoms with Crippen molar-refractivity contribution in [2.45, 2.75) is 33.2 Å². The zero-order valence-corrected chi connectivity index (χ0v) is 13.6. The molecule has 0 bridgehead atoms. The topological polar surface area (TPSA) is 42.2 Å². The van der Waals surface area contributed by atoms with E-state index in [9.17, 15) is 4.79 Å². The van der Waals surface area contributed by atoms with E-state index in [2.05, 4.69) is 31.3 Å². The lowest BCUT2D eigenvalue weighted by atomic mass is 10.1. The van der Waals surface area contributed by atoms with Crippen LogP contribution in [0.4, 0.5) is 0 Å². The molecule has 1 aromatic heterocycles. The van der Waals surface area contributed by atoms with E-state index in [1.165, 1.54) is 11.1 Å². The van der Waals surface area contributed by atoms with Gasteiger partial charge in [0.2, 0.25) is 5.91 Å². The Balaban J connectivity index is 1.67. The van der Waals surface area contributed by atoms with E-state index < -0.39 is 0 Å². The smallest absolute Gasteiger partial charge is 0.224 e. The third kappa shape index (κ3) is 3.45. The summed E-state index contributed by atoms with van der Waals surface area (Å²) in [4.78, 5) is 12.2. The van der Waals surface area contributed by atoms with Crippen LogP contribution in [0.5, 0.6) is 0 Å². The molecule has 3 nitrogen and oxygen atoms in total. The van der Waals surface area contributed by atoms with E-state index in [1.54, 1.807) is 6.26 Å². The molecule has 0 spiro atoms. The third-order valence-electron chi connectivity index (χ3n) is 4.22. The van der Waals surface area contributed by atoms with Gasteiger partial charge in [-0.25, -0.2) is 0 Å². The van der Waals surface area contributed by atoms with Crippen molar-refractivity contribution in [3.8, 4) is 0 Å². The van der Waals surface area contributed by atoms with E-state index in [1.807, 2.05) is 30.3 Å². The molecule has 23 heavy (non-hydrogen) atoms. The predicted octanol–water partition coefficient (Wildman–Crippen LogP) is 4.16. The number of furan rings is 1. The molecule has 1 N–H and O–H groups in total. The van der Waals surface area contributed by atoms with Gasteiger partial charge in [0.25, 0.3) is 0 Å². The summed E-state index contributed by atoms with van der Waals surface area (Å²) in [5.41, 5.74) is 5.36. The Kier molecular flexibility index (Phi) is 4.47. The van der Waals surface area contributed by atoms with Gasteiger partial charge in [-0.2, -0.15) is 0 Å². The summed E-state index contributed by atoms with van der Waals surface area (Å²) < 4.78 is 5.59. The third-order valence-corrected chi connectivity index (χ3v) is 4.22. The average Bonchev–Trinajstić information content (AvgIpc) is 2.96. The number of aryl methyl sites for hydroxylation is 2. The Morgan fingerprint density at radius 2 is 1.96 bits per heavy atom. The molecular weight excluding hydrogens is 286 g/mol. The van der Waals surface area contributed by atoms with Gasteiger partial charge in [-0.3, -0.25) is 4.79 Å². The molecule has 0 aliphatic heterocycles. The fourth-order valence-corrected chi connectivity index (χ4v) is 2.72. The molecule has 118 valence electrons. The summed E-state index contributed by atoms with van der Waals surface area (Å²) in [5, 5.41) is 4.01. The first-order valence-corrected chi connectivity index (χ1v) is 7.97. The molecule has 0 radical (unpaired) electrons. The maximum absolute atomic E-state index is 12.2. The number of carbonyl (C=O) groups is 1. The molecule has 0 aliphatic carbocycles. The lowest BCUT2D eigenvalue weighted by molar-refractivity contribution is -0.120. The molecule has 2 aromatic carbocycles. The van der Waals surface area contributed by atoms with Gasteiger partial charge in [0.1, 0.15) is 5.58 Å². The first-order chi connectivity index (χ1) is 11.2. The highest BCUT2D eigenvalue weighted by Crippen LogP contribution is 2.23. The van der Waals surface area contributed by atoms with Crippen LogP contribution >= 0.6 is 0 Å². The van der Waals surface area contributed by atoms with E-state index in [-0.39, 0.29) is 5.91 Å². The standard InChI is InChI=1S/C20H21NO2/c1-3-15-8-9-18-17(13-23-19(18)10-15)11-20(22)21-12-16-7-5-4-6-14(16)2/h4-10,13H,3,11-12H2,1-2H3,(H,21,22). The van der Waals surface area contributed by atoms with Crippen molar-refractivity contribution in [1.29, 1.82) is 0 Å². The molecule has 3 aromatic rings. The van der Waals surface area contributed by atoms with Crippen molar-refractivity contribution in [1.82, 2.24) is 5.32 Å². The van der Waals surface area contributed by atoms with Crippen LogP contribution in [0.3, 0.4) is 0 Å². The second-order valence-electron chi connectivity index (χ2n) is 5.82. The zero-order chi connectivity index (χ0) is 16.2. The summed E-state index contributed by atoms with van der Waals surface area (Å²) in [6, 6.07) is 14.3. The van der Waals surface area contributed by atoms with Crippen LogP contribution in [0.2, 0.25) is 0 Å². The fraction of sp³-hybridized carbons (Fsp3) is 0.250. The molecule has 1 heterocycles. The SMILES string of the molecule is CCc1ccc2c(CC(=O)NCc3ccccc3C)coc2c1. The van der Waals surface area contributed by atoms with E-state index in [4.69, 9.17) is 4.42 Å². The zero-order valence-electron chi connectivity index (χ0n) is 13.6. The number of carbonyl (C=O) groups excluding carboxylic acids is 1. The number of nitrogens with one attached hydrogen (secondary N) is 1. The van der Waals surface area contributed by atoms with Crippen molar-refractivity contribution >= 4 is 16.9 Å². The van der Waals surface area contributed by atoms with Gasteiger partial charge in [0, 0.05) is 17.5 Å². The average molecular weight is 307 g/mol. The molecular formula is C20H21NO2. The highest BCUT2D eigenvalue weighted by molar-refractivity contribution is 5.87. The molecule has 0 aliphatic rings. The number of benzene rings is 2. The summed E-state index contributed by atoms with van der Waals surface area (Å²) in [5.74, 6) is 0.00974. The van der Waals surface area contributed by atoms with Crippen molar-refractivity contribution in [2.24, 2.45) is 0 Å². The van der Waals surface area contributed by atoms with Crippen LogP contribution in [0.15, 0.2) is 53.1 Å². The quantitative estimate of drug-likeness (QED) is 0.769. The van der Waals surface area contributed by atoms with Crippen molar-refractivity contribution in [2.75, 3.05) is 0 Å². The van der Waals surface area contributed by atoms with Crippen molar-refractivity contribution in [3.63, 3.8) is 0 Å². The molecule has 0 saturated heterocycles. The first-order valence-electron chi connectivity index (χ1n) is 7.97. The molecule has 3 rings (SSSR count). The maximum atomic E-state index is 12.2. The summed E-state index contributed by atoms with van der Waals surface area (Å²) in [7, 11) is 0. The summed E-state index contributed by atoms with van der Waals surface area (Å²) in [6.45, 7) is 4.72. The normalized spacial score (nSPS) is 10.9. The Hall–Kier alpha value is -2.55. The Labute approximate surface area is 136 Å². The van der Waals surface area contributed by atoms with Gasteiger partial charge < -0.3 is 9.73 Å². The molecule has 0 fully saturated rings. The van der Waals surface area contributed by atoms with Crippen LogP contribution in [0.25, 0.3) is 11.0 Å². The minimum absolute atomic E-state index is 0.00974. The molecule has 0 unspecified atom stereocenters. The molecule has 1 amide bonds. The Morgan fingerprint density at radius 1 is 1.13 bits per heavy atom. The second kappa shape index (κ2) is 6.69. The number of fused-ring (bicyclic) bond motifs is 1. The van der Waals surface area contributed by atoms with Crippen LogP contribution in [0.1, 0.15) is 29.2 Å². The molecule has 0 saturated carbocycles. The number of rotatable bonds is 5. The van der Waals surface area contributed by atoms with E-state index >= 15 is 0 Å². The van der Waals surface area contributed by atoms with Gasteiger partial charge in [-0.05, 0) is 36.1 Å². The van der Waals surface area contributed by atoms with Crippen LogP contribution in [-0.4, -0.2) is 5.91 Å². The molecule has 3 heteroatoms. The number of hydrogen-bond donors (Lipinski definition) is 1. The Morgan fingerprint density at radius 3 is 2.74 bits per heavy atom. The Bertz CT molecular complexity index is 833. The molecule has 0 atom stereocenters. The van der Waals surface area contributed by atoms with Gasteiger partial charge in [0.15, 0.2) is 0 Å². The van der Waals surface area contributed by atoms with Crippen LogP contribution in [0, 0.1) is 6.92 Å². The van der Waals surface area contributed by atoms with Crippen LogP contribution in [-0.2, 0) is 24.2 Å². The van der Waals surface area contributed by atoms with E-state index in [0.29, 0.717) is 13.0 Å².